The number of benzene rings is 1. The Hall–Kier alpha value is -2.05. The number of aromatic nitrogens is 1. The van der Waals surface area contributed by atoms with Crippen LogP contribution in [0.4, 0.5) is 0 Å². The summed E-state index contributed by atoms with van der Waals surface area (Å²) in [5.74, 6) is 1.45. The first-order valence-corrected chi connectivity index (χ1v) is 10.5. The third-order valence-electron chi connectivity index (χ3n) is 5.62. The lowest BCUT2D eigenvalue weighted by molar-refractivity contribution is -0.131. The van der Waals surface area contributed by atoms with Crippen molar-refractivity contribution >= 4 is 17.5 Å². The molecule has 1 aromatic carbocycles. The smallest absolute Gasteiger partial charge is 0.222 e. The van der Waals surface area contributed by atoms with Crippen molar-refractivity contribution < 1.29 is 19.2 Å². The molecule has 1 unspecified atom stereocenters. The summed E-state index contributed by atoms with van der Waals surface area (Å²) in [6.45, 7) is 7.05. The van der Waals surface area contributed by atoms with Crippen LogP contribution in [0.25, 0.3) is 0 Å². The molecule has 1 saturated heterocycles. The van der Waals surface area contributed by atoms with Gasteiger partial charge in [-0.2, -0.15) is 0 Å². The summed E-state index contributed by atoms with van der Waals surface area (Å²) in [5, 5.41) is 15.5. The number of aryl methyl sites for hydroxylation is 3. The van der Waals surface area contributed by atoms with Gasteiger partial charge in [0.15, 0.2) is 0 Å². The molecule has 0 spiro atoms. The third-order valence-corrected chi connectivity index (χ3v) is 5.94. The lowest BCUT2D eigenvalue weighted by Gasteiger charge is -2.27. The summed E-state index contributed by atoms with van der Waals surface area (Å²) in [6, 6.07) is 5.58. The van der Waals surface area contributed by atoms with E-state index in [4.69, 9.17) is 20.9 Å². The van der Waals surface area contributed by atoms with E-state index >= 15 is 0 Å². The Morgan fingerprint density at radius 1 is 1.31 bits per heavy atom. The van der Waals surface area contributed by atoms with Crippen LogP contribution in [-0.4, -0.2) is 46.4 Å². The number of hydrogen-bond acceptors (Lipinski definition) is 5. The van der Waals surface area contributed by atoms with Crippen LogP contribution in [0.5, 0.6) is 5.75 Å². The van der Waals surface area contributed by atoms with Crippen molar-refractivity contribution in [2.75, 3.05) is 19.7 Å². The predicted octanol–water partition coefficient (Wildman–Crippen LogP) is 4.01. The van der Waals surface area contributed by atoms with Crippen molar-refractivity contribution in [3.63, 3.8) is 0 Å². The second kappa shape index (κ2) is 9.18. The molecule has 0 saturated carbocycles. The van der Waals surface area contributed by atoms with Crippen molar-refractivity contribution in [1.82, 2.24) is 10.1 Å². The van der Waals surface area contributed by atoms with Gasteiger partial charge in [-0.25, -0.2) is 0 Å². The molecule has 2 heterocycles. The Morgan fingerprint density at radius 3 is 2.83 bits per heavy atom. The largest absolute Gasteiger partial charge is 0.489 e. The van der Waals surface area contributed by atoms with Gasteiger partial charge >= 0.3 is 0 Å². The van der Waals surface area contributed by atoms with Crippen molar-refractivity contribution in [2.24, 2.45) is 0 Å². The number of amides is 1. The third kappa shape index (κ3) is 5.52. The summed E-state index contributed by atoms with van der Waals surface area (Å²) in [7, 11) is 0. The molecule has 0 bridgehead atoms. The molecule has 6 nitrogen and oxygen atoms in total. The fourth-order valence-electron chi connectivity index (χ4n) is 3.75. The molecule has 1 atom stereocenters. The fraction of sp³-hybridized carbons (Fsp3) is 0.545. The Labute approximate surface area is 176 Å². The van der Waals surface area contributed by atoms with Crippen LogP contribution in [0.1, 0.15) is 48.3 Å². The van der Waals surface area contributed by atoms with Gasteiger partial charge < -0.3 is 19.3 Å². The number of halogens is 1. The summed E-state index contributed by atoms with van der Waals surface area (Å²) in [5.41, 5.74) is 1.93. The van der Waals surface area contributed by atoms with Gasteiger partial charge in [0.05, 0.1) is 10.7 Å². The van der Waals surface area contributed by atoms with E-state index in [-0.39, 0.29) is 12.5 Å². The molecule has 1 aliphatic rings. The van der Waals surface area contributed by atoms with E-state index in [0.29, 0.717) is 49.5 Å². The number of rotatable bonds is 6. The molecule has 3 rings (SSSR count). The number of nitrogens with zero attached hydrogens (tertiary/aromatic N) is 2. The van der Waals surface area contributed by atoms with Gasteiger partial charge in [-0.05, 0) is 64.2 Å². The second-order valence-corrected chi connectivity index (χ2v) is 8.39. The number of aliphatic hydroxyl groups is 1. The van der Waals surface area contributed by atoms with E-state index < -0.39 is 5.60 Å². The first-order valence-electron chi connectivity index (χ1n) is 10.1. The topological polar surface area (TPSA) is 75.8 Å². The van der Waals surface area contributed by atoms with Crippen LogP contribution in [0, 0.1) is 20.8 Å². The van der Waals surface area contributed by atoms with E-state index in [0.717, 1.165) is 29.0 Å². The standard InChI is InChI=1S/C22H29ClN2O4/c1-15-5-7-19(23)20(13-15)28-14-22(27)9-4-11-25(12-10-22)21(26)8-6-18-16(2)24-29-17(18)3/h5,7,13,27H,4,6,8-12,14H2,1-3H3. The molecule has 7 heteroatoms. The van der Waals surface area contributed by atoms with Gasteiger partial charge in [-0.15, -0.1) is 0 Å². The van der Waals surface area contributed by atoms with Gasteiger partial charge in [0.2, 0.25) is 5.91 Å². The van der Waals surface area contributed by atoms with Crippen LogP contribution in [0.2, 0.25) is 5.02 Å². The van der Waals surface area contributed by atoms with Gasteiger partial charge in [-0.1, -0.05) is 22.8 Å². The number of ether oxygens (including phenoxy) is 1. The molecule has 158 valence electrons. The number of carbonyl (C=O) groups is 1. The Balaban J connectivity index is 1.53. The maximum atomic E-state index is 12.7. The average molecular weight is 421 g/mol. The lowest BCUT2D eigenvalue weighted by atomic mass is 9.96. The molecular weight excluding hydrogens is 392 g/mol. The van der Waals surface area contributed by atoms with Crippen molar-refractivity contribution in [3.05, 3.63) is 45.8 Å². The highest BCUT2D eigenvalue weighted by Gasteiger charge is 2.32. The second-order valence-electron chi connectivity index (χ2n) is 7.98. The van der Waals surface area contributed by atoms with Crippen LogP contribution in [-0.2, 0) is 11.2 Å². The van der Waals surface area contributed by atoms with Crippen LogP contribution in [0.15, 0.2) is 22.7 Å². The van der Waals surface area contributed by atoms with Crippen LogP contribution < -0.4 is 4.74 Å². The SMILES string of the molecule is Cc1ccc(Cl)c(OCC2(O)CCCN(C(=O)CCc3c(C)noc3C)CC2)c1. The van der Waals surface area contributed by atoms with E-state index in [1.807, 2.05) is 37.8 Å². The van der Waals surface area contributed by atoms with Crippen LogP contribution >= 0.6 is 11.6 Å². The molecule has 0 aliphatic carbocycles. The lowest BCUT2D eigenvalue weighted by Crippen LogP contribution is -2.38. The highest BCUT2D eigenvalue weighted by atomic mass is 35.5. The van der Waals surface area contributed by atoms with Crippen molar-refractivity contribution in [3.8, 4) is 5.75 Å². The van der Waals surface area contributed by atoms with Crippen LogP contribution in [0.3, 0.4) is 0 Å². The Kier molecular flexibility index (Phi) is 6.85. The van der Waals surface area contributed by atoms with Crippen molar-refractivity contribution in [1.29, 1.82) is 0 Å². The zero-order valence-corrected chi connectivity index (χ0v) is 18.1. The van der Waals surface area contributed by atoms with E-state index in [1.165, 1.54) is 0 Å². The zero-order chi connectivity index (χ0) is 21.0. The molecule has 1 amide bonds. The Morgan fingerprint density at radius 2 is 2.10 bits per heavy atom. The number of likely N-dealkylation sites (tertiary alicyclic amines) is 1. The van der Waals surface area contributed by atoms with E-state index in [9.17, 15) is 9.90 Å². The molecule has 2 aromatic rings. The summed E-state index contributed by atoms with van der Waals surface area (Å²) < 4.78 is 11.0. The minimum Gasteiger partial charge on any atom is -0.489 e. The molecule has 1 N–H and O–H groups in total. The van der Waals surface area contributed by atoms with Crippen molar-refractivity contribution in [2.45, 2.75) is 58.5 Å². The minimum absolute atomic E-state index is 0.0943. The molecule has 1 aromatic heterocycles. The quantitative estimate of drug-likeness (QED) is 0.764. The van der Waals surface area contributed by atoms with Gasteiger partial charge in [-0.3, -0.25) is 4.79 Å². The average Bonchev–Trinajstić information content (AvgIpc) is 2.88. The fourth-order valence-corrected chi connectivity index (χ4v) is 3.93. The first kappa shape index (κ1) is 21.7. The van der Waals surface area contributed by atoms with Gasteiger partial charge in [0.25, 0.3) is 0 Å². The summed E-state index contributed by atoms with van der Waals surface area (Å²) in [4.78, 5) is 14.5. The minimum atomic E-state index is -0.968. The van der Waals surface area contributed by atoms with E-state index in [2.05, 4.69) is 5.16 Å². The molecule has 0 radical (unpaired) electrons. The monoisotopic (exact) mass is 420 g/mol. The zero-order valence-electron chi connectivity index (χ0n) is 17.3. The van der Waals surface area contributed by atoms with E-state index in [1.54, 1.807) is 6.07 Å². The molecule has 1 fully saturated rings. The predicted molar refractivity (Wildman–Crippen MR) is 111 cm³/mol. The Bertz CT molecular complexity index is 847. The molecular formula is C22H29ClN2O4. The highest BCUT2D eigenvalue weighted by Crippen LogP contribution is 2.29. The summed E-state index contributed by atoms with van der Waals surface area (Å²) in [6.07, 6.45) is 2.84. The van der Waals surface area contributed by atoms with Gasteiger partial charge in [0, 0.05) is 25.1 Å². The summed E-state index contributed by atoms with van der Waals surface area (Å²) >= 11 is 6.18. The maximum absolute atomic E-state index is 12.7. The first-order chi connectivity index (χ1) is 13.8. The normalized spacial score (nSPS) is 19.8. The maximum Gasteiger partial charge on any atom is 0.222 e. The van der Waals surface area contributed by atoms with Gasteiger partial charge in [0.1, 0.15) is 23.7 Å². The number of hydrogen-bond donors (Lipinski definition) is 1. The molecule has 1 aliphatic heterocycles. The molecule has 29 heavy (non-hydrogen) atoms. The number of carbonyl (C=O) groups excluding carboxylic acids is 1. The highest BCUT2D eigenvalue weighted by molar-refractivity contribution is 6.32.